The quantitative estimate of drug-likeness (QED) is 0.787. The summed E-state index contributed by atoms with van der Waals surface area (Å²) in [7, 11) is 0. The Kier molecular flexibility index (Phi) is 5.69. The van der Waals surface area contributed by atoms with Gasteiger partial charge in [0.15, 0.2) is 0 Å². The van der Waals surface area contributed by atoms with Crippen LogP contribution < -0.4 is 5.32 Å². The lowest BCUT2D eigenvalue weighted by atomic mass is 10.0. The highest BCUT2D eigenvalue weighted by Gasteiger charge is 2.27. The minimum absolute atomic E-state index is 0.155. The standard InChI is InChI=1S/C14H21F2NO/c1-3-4-12-5-7-13(8-6-12)11(2)17-9-14(15,16)10-18/h5-8,11,17-18H,3-4,9-10H2,1-2H3. The fourth-order valence-electron chi connectivity index (χ4n) is 1.74. The third-order valence-electron chi connectivity index (χ3n) is 2.92. The van der Waals surface area contributed by atoms with Crippen LogP contribution in [0.2, 0.25) is 0 Å². The molecule has 0 amide bonds. The average Bonchev–Trinajstić information content (AvgIpc) is 2.37. The zero-order valence-corrected chi connectivity index (χ0v) is 10.9. The van der Waals surface area contributed by atoms with Gasteiger partial charge < -0.3 is 10.4 Å². The SMILES string of the molecule is CCCc1ccc(C(C)NCC(F)(F)CO)cc1. The maximum atomic E-state index is 12.9. The molecule has 1 unspecified atom stereocenters. The van der Waals surface area contributed by atoms with Gasteiger partial charge in [0.2, 0.25) is 0 Å². The Morgan fingerprint density at radius 3 is 2.39 bits per heavy atom. The molecule has 1 rings (SSSR count). The zero-order chi connectivity index (χ0) is 13.6. The summed E-state index contributed by atoms with van der Waals surface area (Å²) in [5.41, 5.74) is 2.23. The molecule has 0 saturated carbocycles. The molecule has 102 valence electrons. The number of hydrogen-bond acceptors (Lipinski definition) is 2. The number of aryl methyl sites for hydroxylation is 1. The minimum atomic E-state index is -3.06. The molecule has 0 spiro atoms. The predicted molar refractivity (Wildman–Crippen MR) is 68.9 cm³/mol. The Hall–Kier alpha value is -1.00. The summed E-state index contributed by atoms with van der Waals surface area (Å²) in [4.78, 5) is 0. The molecule has 1 atom stereocenters. The number of alkyl halides is 2. The average molecular weight is 257 g/mol. The highest BCUT2D eigenvalue weighted by Crippen LogP contribution is 2.17. The molecular weight excluding hydrogens is 236 g/mol. The van der Waals surface area contributed by atoms with E-state index in [1.165, 1.54) is 5.56 Å². The van der Waals surface area contributed by atoms with Crippen molar-refractivity contribution < 1.29 is 13.9 Å². The lowest BCUT2D eigenvalue weighted by molar-refractivity contribution is -0.0490. The second kappa shape index (κ2) is 6.81. The number of benzene rings is 1. The smallest absolute Gasteiger partial charge is 0.282 e. The molecule has 18 heavy (non-hydrogen) atoms. The van der Waals surface area contributed by atoms with Crippen LogP contribution in [-0.4, -0.2) is 24.2 Å². The van der Waals surface area contributed by atoms with Crippen LogP contribution in [-0.2, 0) is 6.42 Å². The van der Waals surface area contributed by atoms with E-state index in [9.17, 15) is 8.78 Å². The molecule has 0 heterocycles. The summed E-state index contributed by atoms with van der Waals surface area (Å²) in [6.45, 7) is 2.32. The van der Waals surface area contributed by atoms with E-state index in [0.29, 0.717) is 0 Å². The van der Waals surface area contributed by atoms with Crippen LogP contribution >= 0.6 is 0 Å². The van der Waals surface area contributed by atoms with E-state index in [1.54, 1.807) is 0 Å². The first-order valence-corrected chi connectivity index (χ1v) is 6.29. The van der Waals surface area contributed by atoms with Crippen molar-refractivity contribution in [3.63, 3.8) is 0 Å². The molecule has 0 aliphatic carbocycles. The third-order valence-corrected chi connectivity index (χ3v) is 2.92. The van der Waals surface area contributed by atoms with E-state index in [0.717, 1.165) is 18.4 Å². The van der Waals surface area contributed by atoms with Gasteiger partial charge in [-0.2, -0.15) is 0 Å². The predicted octanol–water partition coefficient (Wildman–Crippen LogP) is 2.92. The highest BCUT2D eigenvalue weighted by molar-refractivity contribution is 5.24. The fraction of sp³-hybridized carbons (Fsp3) is 0.571. The highest BCUT2D eigenvalue weighted by atomic mass is 19.3. The van der Waals surface area contributed by atoms with Crippen LogP contribution in [0.25, 0.3) is 0 Å². The van der Waals surface area contributed by atoms with E-state index < -0.39 is 19.1 Å². The van der Waals surface area contributed by atoms with Crippen LogP contribution in [0.15, 0.2) is 24.3 Å². The van der Waals surface area contributed by atoms with E-state index in [2.05, 4.69) is 12.2 Å². The molecule has 2 nitrogen and oxygen atoms in total. The number of hydrogen-bond donors (Lipinski definition) is 2. The monoisotopic (exact) mass is 257 g/mol. The minimum Gasteiger partial charge on any atom is -0.390 e. The number of rotatable bonds is 7. The zero-order valence-electron chi connectivity index (χ0n) is 10.9. The molecule has 0 fully saturated rings. The molecule has 0 saturated heterocycles. The van der Waals surface area contributed by atoms with Gasteiger partial charge in [-0.25, -0.2) is 8.78 Å². The van der Waals surface area contributed by atoms with Gasteiger partial charge in [-0.05, 0) is 24.5 Å². The van der Waals surface area contributed by atoms with Crippen molar-refractivity contribution >= 4 is 0 Å². The Labute approximate surface area is 107 Å². The molecular formula is C14H21F2NO. The molecule has 1 aromatic rings. The maximum Gasteiger partial charge on any atom is 0.282 e. The van der Waals surface area contributed by atoms with Gasteiger partial charge in [0, 0.05) is 6.04 Å². The van der Waals surface area contributed by atoms with E-state index in [-0.39, 0.29) is 6.04 Å². The fourth-order valence-corrected chi connectivity index (χ4v) is 1.74. The van der Waals surface area contributed by atoms with Gasteiger partial charge in [0.25, 0.3) is 5.92 Å². The van der Waals surface area contributed by atoms with Crippen molar-refractivity contribution in [1.29, 1.82) is 0 Å². The van der Waals surface area contributed by atoms with Crippen molar-refractivity contribution in [2.24, 2.45) is 0 Å². The largest absolute Gasteiger partial charge is 0.390 e. The lowest BCUT2D eigenvalue weighted by Crippen LogP contribution is -2.37. The van der Waals surface area contributed by atoms with Gasteiger partial charge in [-0.3, -0.25) is 0 Å². The van der Waals surface area contributed by atoms with Crippen molar-refractivity contribution in [3.8, 4) is 0 Å². The van der Waals surface area contributed by atoms with E-state index >= 15 is 0 Å². The second-order valence-electron chi connectivity index (χ2n) is 4.61. The summed E-state index contributed by atoms with van der Waals surface area (Å²) in [6.07, 6.45) is 2.13. The third kappa shape index (κ3) is 4.70. The Balaban J connectivity index is 2.53. The summed E-state index contributed by atoms with van der Waals surface area (Å²) < 4.78 is 25.8. The van der Waals surface area contributed by atoms with Crippen molar-refractivity contribution in [2.45, 2.75) is 38.7 Å². The lowest BCUT2D eigenvalue weighted by Gasteiger charge is -2.19. The van der Waals surface area contributed by atoms with Gasteiger partial charge in [0.05, 0.1) is 6.54 Å². The van der Waals surface area contributed by atoms with Crippen molar-refractivity contribution in [2.75, 3.05) is 13.2 Å². The molecule has 0 aliphatic rings. The molecule has 0 aliphatic heterocycles. The molecule has 0 aromatic heterocycles. The Morgan fingerprint density at radius 1 is 1.28 bits per heavy atom. The van der Waals surface area contributed by atoms with Crippen molar-refractivity contribution in [1.82, 2.24) is 5.32 Å². The molecule has 2 N–H and O–H groups in total. The van der Waals surface area contributed by atoms with Gasteiger partial charge in [0.1, 0.15) is 6.61 Å². The Bertz CT molecular complexity index is 351. The van der Waals surface area contributed by atoms with Crippen LogP contribution in [0.5, 0.6) is 0 Å². The normalized spacial score (nSPS) is 13.6. The van der Waals surface area contributed by atoms with Crippen LogP contribution in [0, 0.1) is 0 Å². The number of halogens is 2. The first-order valence-electron chi connectivity index (χ1n) is 6.29. The number of aliphatic hydroxyl groups is 1. The first kappa shape index (κ1) is 15.1. The Morgan fingerprint density at radius 2 is 1.89 bits per heavy atom. The molecule has 1 aromatic carbocycles. The maximum absolute atomic E-state index is 12.9. The summed E-state index contributed by atoms with van der Waals surface area (Å²) in [6, 6.07) is 7.82. The van der Waals surface area contributed by atoms with Gasteiger partial charge in [-0.1, -0.05) is 37.6 Å². The summed E-state index contributed by atoms with van der Waals surface area (Å²) in [5, 5.41) is 11.2. The van der Waals surface area contributed by atoms with Crippen LogP contribution in [0.1, 0.15) is 37.4 Å². The van der Waals surface area contributed by atoms with E-state index in [1.807, 2.05) is 31.2 Å². The number of nitrogens with one attached hydrogen (secondary N) is 1. The summed E-state index contributed by atoms with van der Waals surface area (Å²) in [5.74, 6) is -3.06. The van der Waals surface area contributed by atoms with Crippen LogP contribution in [0.3, 0.4) is 0 Å². The number of aliphatic hydroxyl groups excluding tert-OH is 1. The first-order chi connectivity index (χ1) is 8.48. The topological polar surface area (TPSA) is 32.3 Å². The second-order valence-corrected chi connectivity index (χ2v) is 4.61. The molecule has 0 bridgehead atoms. The van der Waals surface area contributed by atoms with Crippen molar-refractivity contribution in [3.05, 3.63) is 35.4 Å². The molecule has 0 radical (unpaired) electrons. The van der Waals surface area contributed by atoms with Gasteiger partial charge >= 0.3 is 0 Å². The summed E-state index contributed by atoms with van der Waals surface area (Å²) >= 11 is 0. The molecule has 4 heteroatoms. The van der Waals surface area contributed by atoms with Crippen LogP contribution in [0.4, 0.5) is 8.78 Å². The van der Waals surface area contributed by atoms with E-state index in [4.69, 9.17) is 5.11 Å². The van der Waals surface area contributed by atoms with Gasteiger partial charge in [-0.15, -0.1) is 0 Å².